The molecule has 0 fully saturated rings. The highest BCUT2D eigenvalue weighted by Crippen LogP contribution is 2.32. The van der Waals surface area contributed by atoms with Crippen molar-refractivity contribution in [2.75, 3.05) is 6.79 Å². The molecule has 3 aromatic rings. The number of halogens is 1. The number of fused-ring (bicyclic) bond motifs is 2. The van der Waals surface area contributed by atoms with E-state index < -0.39 is 5.97 Å². The van der Waals surface area contributed by atoms with Gasteiger partial charge in [0.05, 0.1) is 12.2 Å². The van der Waals surface area contributed by atoms with E-state index in [1.165, 1.54) is 0 Å². The SMILES string of the molecule is Cc1nnc2ccc(C(=O)OCc3cc(Cl)cc4c3OCOC4)cn12. The van der Waals surface area contributed by atoms with Crippen molar-refractivity contribution < 1.29 is 19.0 Å². The summed E-state index contributed by atoms with van der Waals surface area (Å²) < 4.78 is 17.9. The lowest BCUT2D eigenvalue weighted by Crippen LogP contribution is -2.14. The fourth-order valence-electron chi connectivity index (χ4n) is 2.72. The van der Waals surface area contributed by atoms with Crippen LogP contribution in [0.15, 0.2) is 30.5 Å². The average molecular weight is 360 g/mol. The fourth-order valence-corrected chi connectivity index (χ4v) is 2.98. The Morgan fingerprint density at radius 3 is 3.12 bits per heavy atom. The number of carbonyl (C=O) groups is 1. The molecule has 128 valence electrons. The van der Waals surface area contributed by atoms with Crippen LogP contribution in [0.1, 0.15) is 27.3 Å². The molecule has 0 saturated heterocycles. The van der Waals surface area contributed by atoms with Crippen molar-refractivity contribution in [1.29, 1.82) is 0 Å². The number of ether oxygens (including phenoxy) is 3. The van der Waals surface area contributed by atoms with Crippen LogP contribution < -0.4 is 4.74 Å². The Kier molecular flexibility index (Phi) is 4.03. The van der Waals surface area contributed by atoms with Crippen molar-refractivity contribution >= 4 is 23.2 Å². The maximum absolute atomic E-state index is 12.4. The first kappa shape index (κ1) is 15.9. The molecule has 0 aliphatic carbocycles. The van der Waals surface area contributed by atoms with Crippen molar-refractivity contribution in [3.8, 4) is 5.75 Å². The molecule has 0 bridgehead atoms. The number of hydrogen-bond acceptors (Lipinski definition) is 6. The first-order valence-corrected chi connectivity index (χ1v) is 8.00. The minimum atomic E-state index is -0.448. The number of hydrogen-bond donors (Lipinski definition) is 0. The molecule has 0 N–H and O–H groups in total. The van der Waals surface area contributed by atoms with Crippen molar-refractivity contribution in [3.05, 3.63) is 58.0 Å². The summed E-state index contributed by atoms with van der Waals surface area (Å²) in [6, 6.07) is 6.89. The van der Waals surface area contributed by atoms with E-state index in [2.05, 4.69) is 10.2 Å². The molecule has 1 aliphatic heterocycles. The third kappa shape index (κ3) is 3.04. The average Bonchev–Trinajstić information content (AvgIpc) is 2.99. The van der Waals surface area contributed by atoms with Gasteiger partial charge in [-0.3, -0.25) is 4.40 Å². The van der Waals surface area contributed by atoms with Gasteiger partial charge in [0.15, 0.2) is 12.4 Å². The summed E-state index contributed by atoms with van der Waals surface area (Å²) >= 11 is 6.12. The predicted octanol–water partition coefficient (Wildman–Crippen LogP) is 2.91. The number of pyridine rings is 1. The van der Waals surface area contributed by atoms with Crippen LogP contribution in [-0.2, 0) is 22.7 Å². The summed E-state index contributed by atoms with van der Waals surface area (Å²) in [4.78, 5) is 12.4. The molecule has 1 aliphatic rings. The molecule has 1 aromatic carbocycles. The molecule has 7 nitrogen and oxygen atoms in total. The lowest BCUT2D eigenvalue weighted by atomic mass is 10.1. The van der Waals surface area contributed by atoms with Crippen molar-refractivity contribution in [3.63, 3.8) is 0 Å². The van der Waals surface area contributed by atoms with Gasteiger partial charge in [-0.05, 0) is 31.2 Å². The molecular weight excluding hydrogens is 346 g/mol. The lowest BCUT2D eigenvalue weighted by molar-refractivity contribution is -0.0180. The topological polar surface area (TPSA) is 75.0 Å². The molecular formula is C17H14ClN3O4. The molecule has 0 amide bonds. The number of rotatable bonds is 3. The van der Waals surface area contributed by atoms with Gasteiger partial charge >= 0.3 is 5.97 Å². The molecule has 0 spiro atoms. The van der Waals surface area contributed by atoms with Gasteiger partial charge in [-0.1, -0.05) is 11.6 Å². The lowest BCUT2D eigenvalue weighted by Gasteiger charge is -2.21. The Morgan fingerprint density at radius 2 is 2.24 bits per heavy atom. The Hall–Kier alpha value is -2.64. The number of aromatic nitrogens is 3. The van der Waals surface area contributed by atoms with Crippen LogP contribution in [0, 0.1) is 6.92 Å². The quantitative estimate of drug-likeness (QED) is 0.669. The summed E-state index contributed by atoms with van der Waals surface area (Å²) in [5.74, 6) is 0.909. The maximum atomic E-state index is 12.4. The maximum Gasteiger partial charge on any atom is 0.339 e. The van der Waals surface area contributed by atoms with Gasteiger partial charge in [0, 0.05) is 22.3 Å². The van der Waals surface area contributed by atoms with Crippen molar-refractivity contribution in [1.82, 2.24) is 14.6 Å². The van der Waals surface area contributed by atoms with Crippen LogP contribution in [-0.4, -0.2) is 27.4 Å². The van der Waals surface area contributed by atoms with Crippen molar-refractivity contribution in [2.45, 2.75) is 20.1 Å². The molecule has 25 heavy (non-hydrogen) atoms. The van der Waals surface area contributed by atoms with Gasteiger partial charge in [0.25, 0.3) is 0 Å². The van der Waals surface area contributed by atoms with Gasteiger partial charge in [-0.25, -0.2) is 4.79 Å². The Bertz CT molecular complexity index is 970. The summed E-state index contributed by atoms with van der Waals surface area (Å²) in [5.41, 5.74) is 2.63. The van der Waals surface area contributed by atoms with E-state index >= 15 is 0 Å². The standard InChI is InChI=1S/C17H14ClN3O4/c1-10-19-20-15-3-2-11(6-21(10)15)17(22)24-8-13-5-14(18)4-12-7-23-9-25-16(12)13/h2-6H,7-9H2,1H3. The van der Waals surface area contributed by atoms with Crippen LogP contribution in [0.25, 0.3) is 5.65 Å². The minimum Gasteiger partial charge on any atom is -0.467 e. The molecule has 0 radical (unpaired) electrons. The number of esters is 1. The molecule has 0 atom stereocenters. The van der Waals surface area contributed by atoms with E-state index in [0.717, 1.165) is 5.56 Å². The van der Waals surface area contributed by atoms with E-state index in [9.17, 15) is 4.79 Å². The Balaban J connectivity index is 1.55. The van der Waals surface area contributed by atoms with E-state index in [0.29, 0.717) is 40.0 Å². The van der Waals surface area contributed by atoms with E-state index in [1.807, 2.05) is 6.92 Å². The third-order valence-corrected chi connectivity index (χ3v) is 4.14. The Morgan fingerprint density at radius 1 is 1.36 bits per heavy atom. The molecule has 8 heteroatoms. The second-order valence-electron chi connectivity index (χ2n) is 5.63. The van der Waals surface area contributed by atoms with Gasteiger partial charge in [-0.2, -0.15) is 0 Å². The molecule has 0 saturated carbocycles. The first-order valence-electron chi connectivity index (χ1n) is 7.62. The van der Waals surface area contributed by atoms with Crippen molar-refractivity contribution in [2.24, 2.45) is 0 Å². The monoisotopic (exact) mass is 359 g/mol. The van der Waals surface area contributed by atoms with Gasteiger partial charge < -0.3 is 14.2 Å². The highest BCUT2D eigenvalue weighted by atomic mass is 35.5. The highest BCUT2D eigenvalue weighted by molar-refractivity contribution is 6.30. The fraction of sp³-hybridized carbons (Fsp3) is 0.235. The summed E-state index contributed by atoms with van der Waals surface area (Å²) in [5, 5.41) is 8.50. The molecule has 4 rings (SSSR count). The second kappa shape index (κ2) is 6.34. The molecule has 3 heterocycles. The predicted molar refractivity (Wildman–Crippen MR) is 88.6 cm³/mol. The van der Waals surface area contributed by atoms with Gasteiger partial charge in [0.1, 0.15) is 18.2 Å². The summed E-state index contributed by atoms with van der Waals surface area (Å²) in [7, 11) is 0. The third-order valence-electron chi connectivity index (χ3n) is 3.92. The second-order valence-corrected chi connectivity index (χ2v) is 6.07. The molecule has 0 unspecified atom stereocenters. The van der Waals surface area contributed by atoms with E-state index in [4.69, 9.17) is 25.8 Å². The zero-order chi connectivity index (χ0) is 17.4. The van der Waals surface area contributed by atoms with Crippen LogP contribution in [0.4, 0.5) is 0 Å². The van der Waals surface area contributed by atoms with Crippen LogP contribution in [0.2, 0.25) is 5.02 Å². The van der Waals surface area contributed by atoms with Gasteiger partial charge in [0.2, 0.25) is 0 Å². The Labute approximate surface area is 148 Å². The summed E-state index contributed by atoms with van der Waals surface area (Å²) in [6.45, 7) is 2.45. The zero-order valence-electron chi connectivity index (χ0n) is 13.4. The number of benzene rings is 1. The number of nitrogens with zero attached hydrogens (tertiary/aromatic N) is 3. The van der Waals surface area contributed by atoms with E-state index in [1.54, 1.807) is 34.9 Å². The number of aryl methyl sites for hydroxylation is 1. The smallest absolute Gasteiger partial charge is 0.339 e. The summed E-state index contributed by atoms with van der Waals surface area (Å²) in [6.07, 6.45) is 1.66. The highest BCUT2D eigenvalue weighted by Gasteiger charge is 2.18. The molecule has 2 aromatic heterocycles. The van der Waals surface area contributed by atoms with Crippen LogP contribution in [0.3, 0.4) is 0 Å². The zero-order valence-corrected chi connectivity index (χ0v) is 14.1. The van der Waals surface area contributed by atoms with Gasteiger partial charge in [-0.15, -0.1) is 10.2 Å². The first-order chi connectivity index (χ1) is 12.1. The van der Waals surface area contributed by atoms with Crippen LogP contribution >= 0.6 is 11.6 Å². The van der Waals surface area contributed by atoms with E-state index in [-0.39, 0.29) is 13.4 Å². The van der Waals surface area contributed by atoms with Crippen LogP contribution in [0.5, 0.6) is 5.75 Å². The minimum absolute atomic E-state index is 0.0565. The normalized spacial score (nSPS) is 13.4. The number of carbonyl (C=O) groups excluding carboxylic acids is 1. The largest absolute Gasteiger partial charge is 0.467 e.